The fraction of sp³-hybridized carbons (Fsp3) is 0.500. The average molecular weight is 347 g/mol. The molecule has 1 heterocycles. The number of aliphatic hydroxyl groups excluding tert-OH is 1. The molecule has 1 rings (SSSR count). The van der Waals surface area contributed by atoms with Crippen molar-refractivity contribution in [3.63, 3.8) is 0 Å². The van der Waals surface area contributed by atoms with Crippen molar-refractivity contribution in [2.45, 2.75) is 6.18 Å². The quantitative estimate of drug-likeness (QED) is 0.838. The normalized spacial score (nSPS) is 11.6. The molecule has 0 aliphatic heterocycles. The first kappa shape index (κ1) is 13.4. The average Bonchev–Trinajstić information content (AvgIpc) is 2.16. The van der Waals surface area contributed by atoms with Gasteiger partial charge in [0.15, 0.2) is 0 Å². The SMILES string of the molecule is OCCN(CC(F)(F)F)c1ncc(I)cn1. The van der Waals surface area contributed by atoms with E-state index in [0.29, 0.717) is 0 Å². The van der Waals surface area contributed by atoms with Crippen LogP contribution in [0.15, 0.2) is 12.4 Å². The lowest BCUT2D eigenvalue weighted by atomic mass is 10.5. The summed E-state index contributed by atoms with van der Waals surface area (Å²) in [5.74, 6) is -0.0354. The Morgan fingerprint density at radius 3 is 2.31 bits per heavy atom. The van der Waals surface area contributed by atoms with Crippen LogP contribution in [0, 0.1) is 3.57 Å². The molecule has 8 heteroatoms. The summed E-state index contributed by atoms with van der Waals surface area (Å²) < 4.78 is 37.4. The fourth-order valence-corrected chi connectivity index (χ4v) is 1.33. The molecule has 90 valence electrons. The molecule has 0 saturated heterocycles. The first-order valence-electron chi connectivity index (χ1n) is 4.32. The molecule has 16 heavy (non-hydrogen) atoms. The minimum Gasteiger partial charge on any atom is -0.395 e. The van der Waals surface area contributed by atoms with E-state index in [1.807, 2.05) is 22.6 Å². The Morgan fingerprint density at radius 2 is 1.88 bits per heavy atom. The third kappa shape index (κ3) is 4.47. The van der Waals surface area contributed by atoms with E-state index < -0.39 is 12.7 Å². The summed E-state index contributed by atoms with van der Waals surface area (Å²) in [5, 5.41) is 8.68. The van der Waals surface area contributed by atoms with Crippen molar-refractivity contribution in [1.82, 2.24) is 9.97 Å². The minimum absolute atomic E-state index is 0.0354. The Morgan fingerprint density at radius 1 is 1.31 bits per heavy atom. The monoisotopic (exact) mass is 347 g/mol. The number of anilines is 1. The van der Waals surface area contributed by atoms with Crippen LogP contribution >= 0.6 is 22.6 Å². The highest BCUT2D eigenvalue weighted by atomic mass is 127. The van der Waals surface area contributed by atoms with Crippen LogP contribution in [-0.4, -0.2) is 40.9 Å². The molecule has 0 aromatic carbocycles. The lowest BCUT2D eigenvalue weighted by molar-refractivity contribution is -0.120. The van der Waals surface area contributed by atoms with E-state index in [4.69, 9.17) is 5.11 Å². The molecule has 0 aliphatic carbocycles. The Hall–Kier alpha value is -0.640. The second-order valence-electron chi connectivity index (χ2n) is 2.96. The van der Waals surface area contributed by atoms with Gasteiger partial charge in [-0.3, -0.25) is 0 Å². The molecule has 1 aromatic heterocycles. The van der Waals surface area contributed by atoms with E-state index in [9.17, 15) is 13.2 Å². The third-order valence-electron chi connectivity index (χ3n) is 1.63. The number of nitrogens with zero attached hydrogens (tertiary/aromatic N) is 3. The van der Waals surface area contributed by atoms with Crippen molar-refractivity contribution < 1.29 is 18.3 Å². The highest BCUT2D eigenvalue weighted by Gasteiger charge is 2.31. The van der Waals surface area contributed by atoms with Gasteiger partial charge >= 0.3 is 6.18 Å². The smallest absolute Gasteiger partial charge is 0.395 e. The van der Waals surface area contributed by atoms with Crippen molar-refractivity contribution in [1.29, 1.82) is 0 Å². The summed E-state index contributed by atoms with van der Waals surface area (Å²) in [5.41, 5.74) is 0. The summed E-state index contributed by atoms with van der Waals surface area (Å²) in [6, 6.07) is 0. The van der Waals surface area contributed by atoms with Gasteiger partial charge in [-0.25, -0.2) is 9.97 Å². The first-order valence-corrected chi connectivity index (χ1v) is 5.40. The van der Waals surface area contributed by atoms with Crippen molar-refractivity contribution in [2.24, 2.45) is 0 Å². The van der Waals surface area contributed by atoms with Gasteiger partial charge in [-0.15, -0.1) is 0 Å². The van der Waals surface area contributed by atoms with Crippen molar-refractivity contribution in [3.05, 3.63) is 16.0 Å². The summed E-state index contributed by atoms with van der Waals surface area (Å²) in [4.78, 5) is 8.44. The highest BCUT2D eigenvalue weighted by Crippen LogP contribution is 2.19. The van der Waals surface area contributed by atoms with Gasteiger partial charge in [0.2, 0.25) is 5.95 Å². The van der Waals surface area contributed by atoms with Gasteiger partial charge in [-0.05, 0) is 22.6 Å². The molecule has 4 nitrogen and oxygen atoms in total. The largest absolute Gasteiger partial charge is 0.406 e. The number of halogens is 4. The molecule has 0 bridgehead atoms. The summed E-state index contributed by atoms with van der Waals surface area (Å²) >= 11 is 1.95. The van der Waals surface area contributed by atoms with Crippen LogP contribution in [-0.2, 0) is 0 Å². The van der Waals surface area contributed by atoms with Gasteiger partial charge in [0, 0.05) is 22.5 Å². The van der Waals surface area contributed by atoms with E-state index >= 15 is 0 Å². The predicted octanol–water partition coefficient (Wildman–Crippen LogP) is 1.44. The van der Waals surface area contributed by atoms with Gasteiger partial charge in [0.25, 0.3) is 0 Å². The van der Waals surface area contributed by atoms with Gasteiger partial charge < -0.3 is 10.0 Å². The topological polar surface area (TPSA) is 49.2 Å². The Kier molecular flexibility index (Phi) is 4.71. The Balaban J connectivity index is 2.80. The second-order valence-corrected chi connectivity index (χ2v) is 4.21. The lowest BCUT2D eigenvalue weighted by Gasteiger charge is -2.22. The molecular formula is C8H9F3IN3O. The molecule has 0 unspecified atom stereocenters. The molecule has 0 radical (unpaired) electrons. The maximum Gasteiger partial charge on any atom is 0.406 e. The summed E-state index contributed by atoms with van der Waals surface area (Å²) in [6.07, 6.45) is -1.51. The molecule has 0 atom stereocenters. The zero-order valence-corrected chi connectivity index (χ0v) is 10.2. The Labute approximate surface area is 104 Å². The Bertz CT molecular complexity index is 330. The maximum atomic E-state index is 12.2. The van der Waals surface area contributed by atoms with Gasteiger partial charge in [0.05, 0.1) is 6.61 Å². The number of aromatic nitrogens is 2. The van der Waals surface area contributed by atoms with Crippen LogP contribution in [0.4, 0.5) is 19.1 Å². The van der Waals surface area contributed by atoms with Crippen molar-refractivity contribution in [2.75, 3.05) is 24.6 Å². The third-order valence-corrected chi connectivity index (χ3v) is 2.19. The summed E-state index contributed by atoms with van der Waals surface area (Å²) in [7, 11) is 0. The molecule has 0 amide bonds. The van der Waals surface area contributed by atoms with E-state index in [-0.39, 0.29) is 19.1 Å². The van der Waals surface area contributed by atoms with Crippen LogP contribution in [0.1, 0.15) is 0 Å². The van der Waals surface area contributed by atoms with Crippen LogP contribution in [0.5, 0.6) is 0 Å². The molecule has 0 fully saturated rings. The van der Waals surface area contributed by atoms with Gasteiger partial charge in [0.1, 0.15) is 6.54 Å². The fourth-order valence-electron chi connectivity index (χ4n) is 1.06. The number of alkyl halides is 3. The minimum atomic E-state index is -4.35. The van der Waals surface area contributed by atoms with Crippen LogP contribution < -0.4 is 4.90 Å². The van der Waals surface area contributed by atoms with E-state index in [1.165, 1.54) is 12.4 Å². The standard InChI is InChI=1S/C8H9F3IN3O/c9-8(10,11)5-15(1-2-16)7-13-3-6(12)4-14-7/h3-4,16H,1-2,5H2. The van der Waals surface area contributed by atoms with Crippen LogP contribution in [0.2, 0.25) is 0 Å². The number of hydrogen-bond donors (Lipinski definition) is 1. The molecule has 0 aliphatic rings. The van der Waals surface area contributed by atoms with Gasteiger partial charge in [-0.2, -0.15) is 13.2 Å². The lowest BCUT2D eigenvalue weighted by Crippen LogP contribution is -2.37. The maximum absolute atomic E-state index is 12.2. The van der Waals surface area contributed by atoms with E-state index in [0.717, 1.165) is 8.47 Å². The zero-order valence-electron chi connectivity index (χ0n) is 8.08. The highest BCUT2D eigenvalue weighted by molar-refractivity contribution is 14.1. The molecule has 1 aromatic rings. The number of rotatable bonds is 4. The zero-order chi connectivity index (χ0) is 12.2. The molecular weight excluding hydrogens is 338 g/mol. The van der Waals surface area contributed by atoms with Crippen molar-refractivity contribution in [3.8, 4) is 0 Å². The summed E-state index contributed by atoms with van der Waals surface area (Å²) in [6.45, 7) is -1.71. The molecule has 1 N–H and O–H groups in total. The number of hydrogen-bond acceptors (Lipinski definition) is 4. The predicted molar refractivity (Wildman–Crippen MR) is 60.1 cm³/mol. The van der Waals surface area contributed by atoms with Gasteiger partial charge in [-0.1, -0.05) is 0 Å². The van der Waals surface area contributed by atoms with E-state index in [1.54, 1.807) is 0 Å². The first-order chi connectivity index (χ1) is 7.42. The van der Waals surface area contributed by atoms with Crippen LogP contribution in [0.3, 0.4) is 0 Å². The van der Waals surface area contributed by atoms with Crippen LogP contribution in [0.25, 0.3) is 0 Å². The van der Waals surface area contributed by atoms with Crippen molar-refractivity contribution >= 4 is 28.5 Å². The molecule has 0 saturated carbocycles. The number of aliphatic hydroxyl groups is 1. The second kappa shape index (κ2) is 5.62. The van der Waals surface area contributed by atoms with E-state index in [2.05, 4.69) is 9.97 Å². The molecule has 0 spiro atoms.